The second-order valence-corrected chi connectivity index (χ2v) is 10.1. The summed E-state index contributed by atoms with van der Waals surface area (Å²) in [7, 11) is 1.81. The summed E-state index contributed by atoms with van der Waals surface area (Å²) in [6.45, 7) is 2.10. The van der Waals surface area contributed by atoms with E-state index in [1.165, 1.54) is 25.3 Å². The molecule has 2 aliphatic rings. The molecule has 0 aliphatic heterocycles. The Morgan fingerprint density at radius 2 is 1.97 bits per heavy atom. The summed E-state index contributed by atoms with van der Waals surface area (Å²) in [5.41, 5.74) is 3.15. The quantitative estimate of drug-likeness (QED) is 0.377. The molecule has 10 heteroatoms. The lowest BCUT2D eigenvalue weighted by molar-refractivity contribution is 0.0662. The number of nitrogens with zero attached hydrogens (tertiary/aromatic N) is 4. The predicted molar refractivity (Wildman–Crippen MR) is 137 cm³/mol. The minimum atomic E-state index is -0.216. The second kappa shape index (κ2) is 10.3. The Hall–Kier alpha value is -3.33. The van der Waals surface area contributed by atoms with Gasteiger partial charge in [-0.15, -0.1) is 5.10 Å². The van der Waals surface area contributed by atoms with Gasteiger partial charge in [-0.05, 0) is 80.0 Å². The molecule has 2 aromatic carbocycles. The fraction of sp³-hybridized carbons (Fsp3) is 0.462. The first-order valence-electron chi connectivity index (χ1n) is 12.5. The van der Waals surface area contributed by atoms with Crippen LogP contribution in [0.15, 0.2) is 24.3 Å². The molecule has 36 heavy (non-hydrogen) atoms. The largest absolute Gasteiger partial charge is 0.507 e. The van der Waals surface area contributed by atoms with Crippen LogP contribution < -0.4 is 10.1 Å². The third-order valence-corrected chi connectivity index (χ3v) is 7.86. The molecular formula is C26H31ClN6O3. The van der Waals surface area contributed by atoms with Crippen LogP contribution in [0.5, 0.6) is 17.2 Å². The Labute approximate surface area is 215 Å². The number of fused-ring (bicyclic) bond motifs is 1. The van der Waals surface area contributed by atoms with Crippen molar-refractivity contribution in [2.45, 2.75) is 64.3 Å². The Bertz CT molecular complexity index is 1240. The van der Waals surface area contributed by atoms with Gasteiger partial charge in [0.15, 0.2) is 0 Å². The van der Waals surface area contributed by atoms with E-state index in [4.69, 9.17) is 16.3 Å². The van der Waals surface area contributed by atoms with Crippen molar-refractivity contribution in [2.24, 2.45) is 5.92 Å². The fourth-order valence-corrected chi connectivity index (χ4v) is 5.71. The first kappa shape index (κ1) is 24.4. The van der Waals surface area contributed by atoms with Gasteiger partial charge in [0, 0.05) is 24.3 Å². The van der Waals surface area contributed by atoms with Gasteiger partial charge in [0.2, 0.25) is 0 Å². The van der Waals surface area contributed by atoms with Gasteiger partial charge in [-0.1, -0.05) is 36.0 Å². The lowest BCUT2D eigenvalue weighted by Gasteiger charge is -2.34. The summed E-state index contributed by atoms with van der Waals surface area (Å²) < 4.78 is 6.25. The van der Waals surface area contributed by atoms with Gasteiger partial charge in [-0.25, -0.2) is 0 Å². The number of amides is 1. The molecule has 0 radical (unpaired) electrons. The number of ether oxygens (including phenoxy) is 1. The van der Waals surface area contributed by atoms with E-state index in [0.717, 1.165) is 48.9 Å². The van der Waals surface area contributed by atoms with Gasteiger partial charge in [-0.3, -0.25) is 4.79 Å². The molecule has 9 nitrogen and oxygen atoms in total. The standard InChI is InChI=1S/C26H31ClN6O3/c1-15(16-7-4-3-5-8-16)33(2)25(35)20-13-17(11-12-23(20)34)36-24-19-10-6-9-18(19)22(14-21(24)27)28-26-29-31-32-30-26/h11-16,34H,3-10H2,1-2H3,(H2,28,29,30,31,32)/t15-/m1/s1. The van der Waals surface area contributed by atoms with Crippen molar-refractivity contribution in [2.75, 3.05) is 12.4 Å². The van der Waals surface area contributed by atoms with E-state index < -0.39 is 0 Å². The van der Waals surface area contributed by atoms with Crippen LogP contribution in [-0.2, 0) is 12.8 Å². The van der Waals surface area contributed by atoms with E-state index in [9.17, 15) is 9.90 Å². The normalized spacial score (nSPS) is 16.4. The highest BCUT2D eigenvalue weighted by atomic mass is 35.5. The van der Waals surface area contributed by atoms with E-state index in [2.05, 4.69) is 32.9 Å². The number of aromatic nitrogens is 4. The lowest BCUT2D eigenvalue weighted by Crippen LogP contribution is -2.40. The van der Waals surface area contributed by atoms with E-state index in [1.807, 2.05) is 7.05 Å². The van der Waals surface area contributed by atoms with Gasteiger partial charge in [-0.2, -0.15) is 5.21 Å². The first-order chi connectivity index (χ1) is 17.4. The molecule has 1 aromatic heterocycles. The fourth-order valence-electron chi connectivity index (χ4n) is 5.45. The number of aromatic amines is 1. The van der Waals surface area contributed by atoms with Crippen molar-refractivity contribution in [3.05, 3.63) is 46.0 Å². The Balaban J connectivity index is 1.39. The number of carbonyl (C=O) groups is 1. The maximum absolute atomic E-state index is 13.4. The molecule has 0 unspecified atom stereocenters. The average Bonchev–Trinajstić information content (AvgIpc) is 3.59. The van der Waals surface area contributed by atoms with E-state index >= 15 is 0 Å². The van der Waals surface area contributed by atoms with Gasteiger partial charge in [0.05, 0.1) is 10.6 Å². The van der Waals surface area contributed by atoms with Crippen LogP contribution in [0.2, 0.25) is 5.02 Å². The number of phenolic OH excluding ortho intramolecular Hbond substituents is 1. The van der Waals surface area contributed by atoms with Crippen molar-refractivity contribution >= 4 is 29.1 Å². The molecule has 1 heterocycles. The molecule has 0 bridgehead atoms. The van der Waals surface area contributed by atoms with E-state index in [-0.39, 0.29) is 23.3 Å². The third-order valence-electron chi connectivity index (χ3n) is 7.58. The van der Waals surface area contributed by atoms with E-state index in [0.29, 0.717) is 28.4 Å². The lowest BCUT2D eigenvalue weighted by atomic mass is 9.84. The van der Waals surface area contributed by atoms with Crippen LogP contribution >= 0.6 is 11.6 Å². The zero-order valence-electron chi connectivity index (χ0n) is 20.6. The second-order valence-electron chi connectivity index (χ2n) is 9.74. The number of hydrogen-bond donors (Lipinski definition) is 3. The van der Waals surface area contributed by atoms with Crippen molar-refractivity contribution in [3.63, 3.8) is 0 Å². The molecule has 1 amide bonds. The number of nitrogens with one attached hydrogen (secondary N) is 2. The minimum Gasteiger partial charge on any atom is -0.507 e. The first-order valence-corrected chi connectivity index (χ1v) is 12.9. The molecule has 1 fully saturated rings. The summed E-state index contributed by atoms with van der Waals surface area (Å²) in [5.74, 6) is 1.58. The molecular weight excluding hydrogens is 480 g/mol. The smallest absolute Gasteiger partial charge is 0.267 e. The average molecular weight is 511 g/mol. The summed E-state index contributed by atoms with van der Waals surface area (Å²) in [6, 6.07) is 6.65. The van der Waals surface area contributed by atoms with E-state index in [1.54, 1.807) is 23.1 Å². The number of hydrogen-bond acceptors (Lipinski definition) is 7. The summed E-state index contributed by atoms with van der Waals surface area (Å²) in [6.07, 6.45) is 8.60. The van der Waals surface area contributed by atoms with Crippen molar-refractivity contribution < 1.29 is 14.6 Å². The number of H-pyrrole nitrogens is 1. The Kier molecular flexibility index (Phi) is 7.00. The van der Waals surface area contributed by atoms with Crippen molar-refractivity contribution in [3.8, 4) is 17.2 Å². The van der Waals surface area contributed by atoms with Crippen LogP contribution in [0.4, 0.5) is 11.6 Å². The monoisotopic (exact) mass is 510 g/mol. The zero-order chi connectivity index (χ0) is 25.2. The van der Waals surface area contributed by atoms with Crippen LogP contribution in [0.25, 0.3) is 0 Å². The highest BCUT2D eigenvalue weighted by molar-refractivity contribution is 6.32. The van der Waals surface area contributed by atoms with Crippen LogP contribution in [-0.4, -0.2) is 49.6 Å². The molecule has 190 valence electrons. The molecule has 3 aromatic rings. The van der Waals surface area contributed by atoms with Crippen molar-refractivity contribution in [1.29, 1.82) is 0 Å². The van der Waals surface area contributed by atoms with Gasteiger partial charge < -0.3 is 20.1 Å². The summed E-state index contributed by atoms with van der Waals surface area (Å²) >= 11 is 6.66. The molecule has 0 spiro atoms. The maximum atomic E-state index is 13.4. The number of benzene rings is 2. The highest BCUT2D eigenvalue weighted by Gasteiger charge is 2.29. The molecule has 2 aliphatic carbocycles. The number of aromatic hydroxyl groups is 1. The Morgan fingerprint density at radius 1 is 1.19 bits per heavy atom. The minimum absolute atomic E-state index is 0.0639. The zero-order valence-corrected chi connectivity index (χ0v) is 21.3. The van der Waals surface area contributed by atoms with Crippen molar-refractivity contribution in [1.82, 2.24) is 25.5 Å². The van der Waals surface area contributed by atoms with Gasteiger partial charge in [0.1, 0.15) is 17.2 Å². The predicted octanol–water partition coefficient (Wildman–Crippen LogP) is 5.62. The number of anilines is 2. The number of tetrazole rings is 1. The topological polar surface area (TPSA) is 116 Å². The summed E-state index contributed by atoms with van der Waals surface area (Å²) in [5, 5.41) is 28.0. The summed E-state index contributed by atoms with van der Waals surface area (Å²) in [4.78, 5) is 15.1. The Morgan fingerprint density at radius 3 is 2.72 bits per heavy atom. The number of halogens is 1. The highest BCUT2D eigenvalue weighted by Crippen LogP contribution is 2.44. The molecule has 5 rings (SSSR count). The third kappa shape index (κ3) is 4.84. The van der Waals surface area contributed by atoms with Crippen LogP contribution in [0, 0.1) is 5.92 Å². The number of carbonyl (C=O) groups excluding carboxylic acids is 1. The number of rotatable bonds is 7. The van der Waals surface area contributed by atoms with Gasteiger partial charge >= 0.3 is 0 Å². The molecule has 3 N–H and O–H groups in total. The maximum Gasteiger partial charge on any atom is 0.267 e. The molecule has 1 saturated carbocycles. The van der Waals surface area contributed by atoms with Crippen LogP contribution in [0.3, 0.4) is 0 Å². The SMILES string of the molecule is C[C@H](C1CCCCC1)N(C)C(=O)c1cc(Oc2c(Cl)cc(Nc3nn[nH]n3)c3c2CCC3)ccc1O. The molecule has 0 saturated heterocycles. The van der Waals surface area contributed by atoms with Crippen LogP contribution in [0.1, 0.15) is 66.9 Å². The van der Waals surface area contributed by atoms with Gasteiger partial charge in [0.25, 0.3) is 11.9 Å². The molecule has 1 atom stereocenters. The number of phenols is 1.